The average molecular weight is 702 g/mol. The molecule has 1 aromatic carbocycles. The topological polar surface area (TPSA) is 132 Å². The number of piperidine rings is 1. The van der Waals surface area contributed by atoms with Crippen molar-refractivity contribution in [3.8, 4) is 11.3 Å². The number of carbonyl (C=O) groups excluding carboxylic acids is 1. The van der Waals surface area contributed by atoms with E-state index in [0.29, 0.717) is 25.9 Å². The molecule has 50 heavy (non-hydrogen) atoms. The second-order valence-corrected chi connectivity index (χ2v) is 20.8. The molecule has 2 aliphatic rings. The van der Waals surface area contributed by atoms with E-state index in [-0.39, 0.29) is 12.1 Å². The smallest absolute Gasteiger partial charge is 0.407 e. The summed E-state index contributed by atoms with van der Waals surface area (Å²) in [6.45, 7) is 18.3. The third kappa shape index (κ3) is 9.28. The minimum Gasteiger partial charge on any atom is -0.444 e. The van der Waals surface area contributed by atoms with Gasteiger partial charge in [-0.05, 0) is 63.4 Å². The van der Waals surface area contributed by atoms with Crippen LogP contribution in [0.2, 0.25) is 25.7 Å². The molecule has 2 aliphatic heterocycles. The molecule has 0 radical (unpaired) electrons. The molecule has 0 spiro atoms. The number of carbonyl (C=O) groups is 1. The van der Waals surface area contributed by atoms with E-state index in [1.807, 2.05) is 33.2 Å². The lowest BCUT2D eigenvalue weighted by molar-refractivity contribution is 0.0497. The molecule has 14 heteroatoms. The Balaban J connectivity index is 1.12. The van der Waals surface area contributed by atoms with E-state index >= 15 is 0 Å². The number of benzene rings is 1. The number of ether oxygens (including phenoxy) is 3. The Bertz CT molecular complexity index is 1720. The highest BCUT2D eigenvalue weighted by molar-refractivity contribution is 6.76. The van der Waals surface area contributed by atoms with Crippen LogP contribution in [-0.4, -0.2) is 96.3 Å². The summed E-state index contributed by atoms with van der Waals surface area (Å²) in [6, 6.07) is 11.7. The fourth-order valence-corrected chi connectivity index (χ4v) is 6.88. The summed E-state index contributed by atoms with van der Waals surface area (Å²) in [4.78, 5) is 35.3. The zero-order valence-corrected chi connectivity index (χ0v) is 31.2. The second kappa shape index (κ2) is 15.3. The molecule has 2 N–H and O–H groups in total. The number of fused-ring (bicyclic) bond motifs is 1. The van der Waals surface area contributed by atoms with Gasteiger partial charge in [-0.15, -0.1) is 0 Å². The van der Waals surface area contributed by atoms with Crippen LogP contribution in [0.1, 0.15) is 33.6 Å². The van der Waals surface area contributed by atoms with Crippen LogP contribution in [0.25, 0.3) is 22.3 Å². The van der Waals surface area contributed by atoms with Crippen molar-refractivity contribution in [2.75, 3.05) is 61.1 Å². The number of hydrogen-bond acceptors (Lipinski definition) is 11. The maximum atomic E-state index is 12.2. The lowest BCUT2D eigenvalue weighted by Crippen LogP contribution is -2.46. The number of amides is 1. The molecule has 13 nitrogen and oxygen atoms in total. The van der Waals surface area contributed by atoms with Gasteiger partial charge >= 0.3 is 6.09 Å². The third-order valence-corrected chi connectivity index (χ3v) is 10.5. The Labute approximate surface area is 295 Å². The Morgan fingerprint density at radius 2 is 1.64 bits per heavy atom. The molecule has 268 valence electrons. The highest BCUT2D eigenvalue weighted by Gasteiger charge is 2.25. The lowest BCUT2D eigenvalue weighted by Gasteiger charge is -2.32. The van der Waals surface area contributed by atoms with Gasteiger partial charge in [0.1, 0.15) is 30.1 Å². The van der Waals surface area contributed by atoms with E-state index in [1.54, 1.807) is 6.33 Å². The molecule has 6 rings (SSSR count). The zero-order valence-electron chi connectivity index (χ0n) is 30.2. The van der Waals surface area contributed by atoms with E-state index in [2.05, 4.69) is 84.9 Å². The first kappa shape index (κ1) is 35.5. The quantitative estimate of drug-likeness (QED) is 0.135. The van der Waals surface area contributed by atoms with Gasteiger partial charge in [-0.2, -0.15) is 0 Å². The Kier molecular flexibility index (Phi) is 10.9. The third-order valence-electron chi connectivity index (χ3n) is 8.80. The number of anilines is 4. The van der Waals surface area contributed by atoms with Gasteiger partial charge in [-0.25, -0.2) is 24.7 Å². The van der Waals surface area contributed by atoms with Crippen LogP contribution in [0.15, 0.2) is 49.1 Å². The van der Waals surface area contributed by atoms with Crippen LogP contribution in [0.4, 0.5) is 27.9 Å². The highest BCUT2D eigenvalue weighted by Crippen LogP contribution is 2.33. The first-order valence-corrected chi connectivity index (χ1v) is 21.3. The normalized spacial score (nSPS) is 16.1. The Morgan fingerprint density at radius 1 is 0.940 bits per heavy atom. The predicted molar refractivity (Wildman–Crippen MR) is 200 cm³/mol. The van der Waals surface area contributed by atoms with E-state index in [4.69, 9.17) is 24.2 Å². The van der Waals surface area contributed by atoms with Crippen molar-refractivity contribution in [2.24, 2.45) is 0 Å². The molecule has 0 saturated carbocycles. The van der Waals surface area contributed by atoms with Crippen LogP contribution in [0.3, 0.4) is 0 Å². The molecule has 1 amide bonds. The number of aromatic nitrogens is 5. The van der Waals surface area contributed by atoms with Gasteiger partial charge in [-0.3, -0.25) is 0 Å². The summed E-state index contributed by atoms with van der Waals surface area (Å²) in [7, 11) is -1.22. The van der Waals surface area contributed by atoms with Gasteiger partial charge < -0.3 is 39.2 Å². The zero-order chi connectivity index (χ0) is 35.3. The van der Waals surface area contributed by atoms with Gasteiger partial charge in [-0.1, -0.05) is 31.8 Å². The van der Waals surface area contributed by atoms with E-state index in [0.717, 1.165) is 91.2 Å². The van der Waals surface area contributed by atoms with Gasteiger partial charge in [0.15, 0.2) is 0 Å². The van der Waals surface area contributed by atoms with E-state index < -0.39 is 13.7 Å². The van der Waals surface area contributed by atoms with E-state index in [1.165, 1.54) is 0 Å². The molecule has 2 fully saturated rings. The van der Waals surface area contributed by atoms with Gasteiger partial charge in [0, 0.05) is 52.6 Å². The number of nitrogens with zero attached hydrogens (tertiary/aromatic N) is 7. The summed E-state index contributed by atoms with van der Waals surface area (Å²) in [5.74, 6) is 1.62. The van der Waals surface area contributed by atoms with Crippen molar-refractivity contribution in [3.63, 3.8) is 0 Å². The van der Waals surface area contributed by atoms with Gasteiger partial charge in [0.25, 0.3) is 0 Å². The number of alkyl carbamates (subject to hydrolysis) is 1. The van der Waals surface area contributed by atoms with Crippen molar-refractivity contribution in [2.45, 2.75) is 77.7 Å². The minimum atomic E-state index is -1.22. The first-order chi connectivity index (χ1) is 23.9. The Hall–Kier alpha value is -4.27. The molecular weight excluding hydrogens is 651 g/mol. The van der Waals surface area contributed by atoms with Crippen molar-refractivity contribution in [3.05, 3.63) is 49.1 Å². The van der Waals surface area contributed by atoms with Crippen molar-refractivity contribution < 1.29 is 19.0 Å². The summed E-state index contributed by atoms with van der Waals surface area (Å²) in [5.41, 5.74) is 4.19. The maximum absolute atomic E-state index is 12.2. The van der Waals surface area contributed by atoms with Crippen LogP contribution < -0.4 is 20.4 Å². The van der Waals surface area contributed by atoms with Crippen molar-refractivity contribution in [1.29, 1.82) is 0 Å². The summed E-state index contributed by atoms with van der Waals surface area (Å²) in [6.07, 6.45) is 6.51. The van der Waals surface area contributed by atoms with Crippen LogP contribution >= 0.6 is 0 Å². The number of rotatable bonds is 11. The van der Waals surface area contributed by atoms with Crippen molar-refractivity contribution in [1.82, 2.24) is 29.8 Å². The molecule has 0 aliphatic carbocycles. The average Bonchev–Trinajstić information content (AvgIpc) is 3.45. The second-order valence-electron chi connectivity index (χ2n) is 15.2. The molecular formula is C36H51N9O4Si. The molecule has 0 atom stereocenters. The van der Waals surface area contributed by atoms with Crippen LogP contribution in [0.5, 0.6) is 0 Å². The molecule has 5 heterocycles. The number of hydrogen-bond donors (Lipinski definition) is 2. The van der Waals surface area contributed by atoms with E-state index in [9.17, 15) is 4.79 Å². The maximum Gasteiger partial charge on any atom is 0.407 e. The van der Waals surface area contributed by atoms with Crippen LogP contribution in [-0.2, 0) is 20.9 Å². The summed E-state index contributed by atoms with van der Waals surface area (Å²) < 4.78 is 19.4. The predicted octanol–water partition coefficient (Wildman–Crippen LogP) is 6.27. The monoisotopic (exact) mass is 701 g/mol. The molecule has 2 saturated heterocycles. The van der Waals surface area contributed by atoms with Crippen molar-refractivity contribution >= 4 is 48.3 Å². The molecule has 0 unspecified atom stereocenters. The molecule has 4 aromatic rings. The highest BCUT2D eigenvalue weighted by atomic mass is 28.3. The molecule has 3 aromatic heterocycles. The lowest BCUT2D eigenvalue weighted by atomic mass is 10.1. The fourth-order valence-electron chi connectivity index (χ4n) is 6.12. The minimum absolute atomic E-state index is 0.0773. The first-order valence-electron chi connectivity index (χ1n) is 17.6. The van der Waals surface area contributed by atoms with Gasteiger partial charge in [0.2, 0.25) is 5.95 Å². The fraction of sp³-hybridized carbons (Fsp3) is 0.528. The summed E-state index contributed by atoms with van der Waals surface area (Å²) in [5, 5.41) is 7.43. The molecule has 0 bridgehead atoms. The van der Waals surface area contributed by atoms with Crippen LogP contribution in [0, 0.1) is 0 Å². The standard InChI is InChI=1S/C36H51N9O4Si/c1-36(2,3)49-35(46)42-28-11-13-44(14-12-28)34-37-22-29(23-38-34)41-27-9-7-26(8-10-27)31-21-30-32(43-15-17-47-18-16-43)39-24-40-33(30)45(31)25-48-19-20-50(4,5)6/h7-10,21-24,28,41H,11-20,25H2,1-6H3,(H,42,46). The largest absolute Gasteiger partial charge is 0.444 e. The van der Waals surface area contributed by atoms with Gasteiger partial charge in [0.05, 0.1) is 42.4 Å². The SMILES string of the molecule is CC(C)(C)OC(=O)NC1CCN(c2ncc(Nc3ccc(-c4cc5c(N6CCOCC6)ncnc5n4COCC[Si](C)(C)C)cc3)cn2)CC1. The summed E-state index contributed by atoms with van der Waals surface area (Å²) >= 11 is 0. The number of morpholine rings is 1. The Morgan fingerprint density at radius 3 is 2.30 bits per heavy atom. The number of nitrogens with one attached hydrogen (secondary N) is 2.